The first-order valence-corrected chi connectivity index (χ1v) is 8.77. The molecule has 0 spiro atoms. The van der Waals surface area contributed by atoms with Crippen LogP contribution < -0.4 is 5.32 Å². The third-order valence-electron chi connectivity index (χ3n) is 4.80. The molecule has 2 rings (SSSR count). The highest BCUT2D eigenvalue weighted by Crippen LogP contribution is 2.24. The van der Waals surface area contributed by atoms with Gasteiger partial charge in [0.15, 0.2) is 0 Å². The standard InChI is InChI=1S/C17H33N3O/c1-13(2)20(16-8-6-5-7-9-16)17(21)12-19-10-14(3)18-15(4)11-19/h13-16,18H,5-12H2,1-4H3. The van der Waals surface area contributed by atoms with Crippen molar-refractivity contribution < 1.29 is 4.79 Å². The van der Waals surface area contributed by atoms with Gasteiger partial charge in [0.1, 0.15) is 0 Å². The zero-order valence-electron chi connectivity index (χ0n) is 14.3. The van der Waals surface area contributed by atoms with E-state index < -0.39 is 0 Å². The largest absolute Gasteiger partial charge is 0.336 e. The van der Waals surface area contributed by atoms with Crippen LogP contribution in [0.2, 0.25) is 0 Å². The molecule has 2 aliphatic rings. The number of hydrogen-bond acceptors (Lipinski definition) is 3. The lowest BCUT2D eigenvalue weighted by atomic mass is 9.93. The van der Waals surface area contributed by atoms with Crippen LogP contribution in [0.25, 0.3) is 0 Å². The van der Waals surface area contributed by atoms with E-state index in [9.17, 15) is 4.79 Å². The molecular formula is C17H33N3O. The van der Waals surface area contributed by atoms with E-state index >= 15 is 0 Å². The zero-order valence-corrected chi connectivity index (χ0v) is 14.3. The van der Waals surface area contributed by atoms with Crippen LogP contribution in [-0.2, 0) is 4.79 Å². The number of hydrogen-bond donors (Lipinski definition) is 1. The second kappa shape index (κ2) is 7.59. The Morgan fingerprint density at radius 1 is 1.14 bits per heavy atom. The van der Waals surface area contributed by atoms with E-state index in [1.165, 1.54) is 32.1 Å². The van der Waals surface area contributed by atoms with Gasteiger partial charge in [-0.15, -0.1) is 0 Å². The first-order valence-electron chi connectivity index (χ1n) is 8.77. The lowest BCUT2D eigenvalue weighted by molar-refractivity contribution is -0.138. The second-order valence-electron chi connectivity index (χ2n) is 7.35. The second-order valence-corrected chi connectivity index (χ2v) is 7.35. The van der Waals surface area contributed by atoms with Crippen molar-refractivity contribution in [3.63, 3.8) is 0 Å². The molecule has 1 saturated heterocycles. The lowest BCUT2D eigenvalue weighted by Gasteiger charge is -2.40. The first kappa shape index (κ1) is 16.8. The van der Waals surface area contributed by atoms with Crippen molar-refractivity contribution in [2.24, 2.45) is 0 Å². The van der Waals surface area contributed by atoms with E-state index in [2.05, 4.69) is 42.8 Å². The topological polar surface area (TPSA) is 35.6 Å². The van der Waals surface area contributed by atoms with E-state index in [1.807, 2.05) is 0 Å². The molecule has 2 fully saturated rings. The molecule has 0 aromatic rings. The molecule has 122 valence electrons. The van der Waals surface area contributed by atoms with E-state index in [0.29, 0.717) is 36.6 Å². The van der Waals surface area contributed by atoms with E-state index in [4.69, 9.17) is 0 Å². The van der Waals surface area contributed by atoms with Crippen molar-refractivity contribution in [1.29, 1.82) is 0 Å². The van der Waals surface area contributed by atoms with Crippen molar-refractivity contribution in [2.45, 2.75) is 84.0 Å². The Bertz CT molecular complexity index is 329. The van der Waals surface area contributed by atoms with E-state index in [0.717, 1.165) is 13.1 Å². The molecule has 21 heavy (non-hydrogen) atoms. The van der Waals surface area contributed by atoms with Crippen molar-refractivity contribution in [3.8, 4) is 0 Å². The summed E-state index contributed by atoms with van der Waals surface area (Å²) < 4.78 is 0. The van der Waals surface area contributed by atoms with Gasteiger partial charge in [-0.25, -0.2) is 0 Å². The Morgan fingerprint density at radius 3 is 2.24 bits per heavy atom. The summed E-state index contributed by atoms with van der Waals surface area (Å²) >= 11 is 0. The van der Waals surface area contributed by atoms with Crippen molar-refractivity contribution in [1.82, 2.24) is 15.1 Å². The highest BCUT2D eigenvalue weighted by molar-refractivity contribution is 5.79. The summed E-state index contributed by atoms with van der Waals surface area (Å²) in [4.78, 5) is 17.3. The summed E-state index contributed by atoms with van der Waals surface area (Å²) in [7, 11) is 0. The summed E-state index contributed by atoms with van der Waals surface area (Å²) in [6.07, 6.45) is 6.28. The van der Waals surface area contributed by atoms with Gasteiger partial charge in [-0.2, -0.15) is 0 Å². The molecule has 1 aliphatic heterocycles. The molecule has 0 aromatic carbocycles. The van der Waals surface area contributed by atoms with Crippen LogP contribution in [0.15, 0.2) is 0 Å². The first-order chi connectivity index (χ1) is 9.97. The Labute approximate surface area is 130 Å². The third-order valence-corrected chi connectivity index (χ3v) is 4.80. The smallest absolute Gasteiger partial charge is 0.237 e. The molecule has 1 N–H and O–H groups in total. The minimum Gasteiger partial charge on any atom is -0.336 e. The Morgan fingerprint density at radius 2 is 1.71 bits per heavy atom. The zero-order chi connectivity index (χ0) is 15.4. The van der Waals surface area contributed by atoms with Crippen LogP contribution in [0.5, 0.6) is 0 Å². The van der Waals surface area contributed by atoms with Gasteiger partial charge in [0.25, 0.3) is 0 Å². The lowest BCUT2D eigenvalue weighted by Crippen LogP contribution is -2.57. The average Bonchev–Trinajstić information content (AvgIpc) is 2.38. The fourth-order valence-corrected chi connectivity index (χ4v) is 4.11. The molecular weight excluding hydrogens is 262 g/mol. The van der Waals surface area contributed by atoms with E-state index in [1.54, 1.807) is 0 Å². The highest BCUT2D eigenvalue weighted by Gasteiger charge is 2.30. The SMILES string of the molecule is CC1CN(CC(=O)N(C(C)C)C2CCCCC2)CC(C)N1. The van der Waals surface area contributed by atoms with Gasteiger partial charge in [0.05, 0.1) is 6.54 Å². The maximum atomic E-state index is 12.8. The molecule has 2 atom stereocenters. The van der Waals surface area contributed by atoms with E-state index in [-0.39, 0.29) is 0 Å². The highest BCUT2D eigenvalue weighted by atomic mass is 16.2. The van der Waals surface area contributed by atoms with Crippen LogP contribution >= 0.6 is 0 Å². The maximum Gasteiger partial charge on any atom is 0.237 e. The summed E-state index contributed by atoms with van der Waals surface area (Å²) in [5, 5.41) is 3.53. The predicted octanol–water partition coefficient (Wildman–Crippen LogP) is 2.24. The van der Waals surface area contributed by atoms with Gasteiger partial charge in [0.2, 0.25) is 5.91 Å². The number of nitrogens with zero attached hydrogens (tertiary/aromatic N) is 2. The van der Waals surface area contributed by atoms with Crippen molar-refractivity contribution in [3.05, 3.63) is 0 Å². The van der Waals surface area contributed by atoms with Crippen LogP contribution in [-0.4, -0.2) is 59.5 Å². The number of nitrogens with one attached hydrogen (secondary N) is 1. The fourth-order valence-electron chi connectivity index (χ4n) is 4.11. The minimum atomic E-state index is 0.318. The molecule has 1 saturated carbocycles. The summed E-state index contributed by atoms with van der Waals surface area (Å²) in [5.74, 6) is 0.332. The van der Waals surface area contributed by atoms with Gasteiger partial charge in [-0.05, 0) is 40.5 Å². The molecule has 1 aliphatic carbocycles. The van der Waals surface area contributed by atoms with Gasteiger partial charge >= 0.3 is 0 Å². The minimum absolute atomic E-state index is 0.318. The molecule has 0 radical (unpaired) electrons. The van der Waals surface area contributed by atoms with Crippen molar-refractivity contribution >= 4 is 5.91 Å². The molecule has 1 heterocycles. The van der Waals surface area contributed by atoms with Gasteiger partial charge in [-0.3, -0.25) is 9.69 Å². The van der Waals surface area contributed by atoms with Crippen LogP contribution in [0.3, 0.4) is 0 Å². The Hall–Kier alpha value is -0.610. The third kappa shape index (κ3) is 4.68. The summed E-state index contributed by atoms with van der Waals surface area (Å²) in [6.45, 7) is 11.3. The predicted molar refractivity (Wildman–Crippen MR) is 87.4 cm³/mol. The Kier molecular flexibility index (Phi) is 6.06. The number of amides is 1. The van der Waals surface area contributed by atoms with Gasteiger partial charge in [0, 0.05) is 37.3 Å². The van der Waals surface area contributed by atoms with Crippen LogP contribution in [0.4, 0.5) is 0 Å². The molecule has 0 aromatic heterocycles. The summed E-state index contributed by atoms with van der Waals surface area (Å²) in [6, 6.07) is 1.75. The number of piperazine rings is 1. The average molecular weight is 295 g/mol. The maximum absolute atomic E-state index is 12.8. The van der Waals surface area contributed by atoms with Gasteiger partial charge in [-0.1, -0.05) is 19.3 Å². The van der Waals surface area contributed by atoms with Crippen LogP contribution in [0.1, 0.15) is 59.8 Å². The number of carbonyl (C=O) groups excluding carboxylic acids is 1. The molecule has 4 nitrogen and oxygen atoms in total. The Balaban J connectivity index is 1.94. The van der Waals surface area contributed by atoms with Crippen LogP contribution in [0, 0.1) is 0 Å². The van der Waals surface area contributed by atoms with Crippen molar-refractivity contribution in [2.75, 3.05) is 19.6 Å². The normalized spacial score (nSPS) is 28.8. The monoisotopic (exact) mass is 295 g/mol. The quantitative estimate of drug-likeness (QED) is 0.864. The number of carbonyl (C=O) groups is 1. The number of rotatable bonds is 4. The summed E-state index contributed by atoms with van der Waals surface area (Å²) in [5.41, 5.74) is 0. The fraction of sp³-hybridized carbons (Fsp3) is 0.941. The molecule has 0 bridgehead atoms. The molecule has 1 amide bonds. The molecule has 4 heteroatoms. The molecule has 2 unspecified atom stereocenters. The van der Waals surface area contributed by atoms with Gasteiger partial charge < -0.3 is 10.2 Å².